The number of aliphatic hydroxyl groups is 1. The van der Waals surface area contributed by atoms with Gasteiger partial charge in [-0.1, -0.05) is 37.3 Å². The van der Waals surface area contributed by atoms with Crippen LogP contribution in [0.4, 0.5) is 0 Å². The smallest absolute Gasteiger partial charge is 0.0716 e. The molecule has 0 heterocycles. The zero-order chi connectivity index (χ0) is 11.8. The molecule has 0 bridgehead atoms. The predicted molar refractivity (Wildman–Crippen MR) is 64.9 cm³/mol. The lowest BCUT2D eigenvalue weighted by Crippen LogP contribution is -2.32. The van der Waals surface area contributed by atoms with Crippen LogP contribution in [0.15, 0.2) is 30.3 Å². The second kappa shape index (κ2) is 7.39. The number of hydrogen-bond donors (Lipinski definition) is 2. The Morgan fingerprint density at radius 3 is 2.62 bits per heavy atom. The van der Waals surface area contributed by atoms with E-state index >= 15 is 0 Å². The van der Waals surface area contributed by atoms with Gasteiger partial charge in [0.1, 0.15) is 0 Å². The Balaban J connectivity index is 2.13. The number of hydrogen-bond acceptors (Lipinski definition) is 3. The monoisotopic (exact) mass is 223 g/mol. The molecule has 0 aliphatic carbocycles. The van der Waals surface area contributed by atoms with Crippen LogP contribution in [0.25, 0.3) is 0 Å². The molecule has 0 spiro atoms. The molecule has 0 aromatic heterocycles. The number of aliphatic hydroxyl groups excluding tert-OH is 1. The van der Waals surface area contributed by atoms with Crippen LogP contribution < -0.4 is 5.73 Å². The van der Waals surface area contributed by atoms with E-state index in [4.69, 9.17) is 15.6 Å². The zero-order valence-electron chi connectivity index (χ0n) is 9.80. The van der Waals surface area contributed by atoms with Crippen molar-refractivity contribution in [3.05, 3.63) is 35.9 Å². The Labute approximate surface area is 97.2 Å². The zero-order valence-corrected chi connectivity index (χ0v) is 9.80. The van der Waals surface area contributed by atoms with Gasteiger partial charge < -0.3 is 15.6 Å². The fraction of sp³-hybridized carbons (Fsp3) is 0.538. The van der Waals surface area contributed by atoms with Gasteiger partial charge in [-0.3, -0.25) is 0 Å². The maximum Gasteiger partial charge on any atom is 0.0716 e. The molecule has 1 aromatic rings. The van der Waals surface area contributed by atoms with Crippen molar-refractivity contribution in [2.24, 2.45) is 11.7 Å². The summed E-state index contributed by atoms with van der Waals surface area (Å²) < 4.78 is 5.55. The highest BCUT2D eigenvalue weighted by Crippen LogP contribution is 2.07. The van der Waals surface area contributed by atoms with Crippen molar-refractivity contribution in [3.63, 3.8) is 0 Å². The largest absolute Gasteiger partial charge is 0.395 e. The fourth-order valence-corrected chi connectivity index (χ4v) is 1.43. The van der Waals surface area contributed by atoms with Crippen LogP contribution in [0.5, 0.6) is 0 Å². The van der Waals surface area contributed by atoms with Crippen molar-refractivity contribution >= 4 is 0 Å². The molecular weight excluding hydrogens is 202 g/mol. The minimum Gasteiger partial charge on any atom is -0.395 e. The molecule has 0 amide bonds. The molecule has 0 saturated heterocycles. The summed E-state index contributed by atoms with van der Waals surface area (Å²) in [5, 5.41) is 8.87. The van der Waals surface area contributed by atoms with Gasteiger partial charge in [-0.05, 0) is 17.9 Å². The van der Waals surface area contributed by atoms with Gasteiger partial charge in [0.2, 0.25) is 0 Å². The second-order valence-corrected chi connectivity index (χ2v) is 4.15. The van der Waals surface area contributed by atoms with Crippen LogP contribution in [-0.2, 0) is 11.3 Å². The summed E-state index contributed by atoms with van der Waals surface area (Å²) in [6.07, 6.45) is 0.883. The van der Waals surface area contributed by atoms with E-state index in [1.807, 2.05) is 37.3 Å². The maximum absolute atomic E-state index is 8.87. The lowest BCUT2D eigenvalue weighted by Gasteiger charge is -2.17. The molecule has 0 aliphatic heterocycles. The van der Waals surface area contributed by atoms with E-state index in [1.54, 1.807) is 0 Å². The van der Waals surface area contributed by atoms with E-state index in [0.29, 0.717) is 19.1 Å². The number of nitrogens with two attached hydrogens (primary N) is 1. The Kier molecular flexibility index (Phi) is 6.08. The van der Waals surface area contributed by atoms with Gasteiger partial charge in [-0.15, -0.1) is 0 Å². The first-order chi connectivity index (χ1) is 7.74. The fourth-order valence-electron chi connectivity index (χ4n) is 1.43. The Morgan fingerprint density at radius 2 is 2.00 bits per heavy atom. The molecule has 0 saturated carbocycles. The maximum atomic E-state index is 8.87. The van der Waals surface area contributed by atoms with Crippen molar-refractivity contribution in [2.75, 3.05) is 13.2 Å². The Hall–Kier alpha value is -0.900. The molecule has 1 aromatic carbocycles. The van der Waals surface area contributed by atoms with Crippen molar-refractivity contribution in [2.45, 2.75) is 26.0 Å². The van der Waals surface area contributed by atoms with Gasteiger partial charge in [-0.25, -0.2) is 0 Å². The topological polar surface area (TPSA) is 55.5 Å². The van der Waals surface area contributed by atoms with E-state index < -0.39 is 0 Å². The molecule has 90 valence electrons. The summed E-state index contributed by atoms with van der Waals surface area (Å²) in [6, 6.07) is 9.95. The van der Waals surface area contributed by atoms with Gasteiger partial charge in [0.25, 0.3) is 0 Å². The van der Waals surface area contributed by atoms with E-state index in [1.165, 1.54) is 5.56 Å². The van der Waals surface area contributed by atoms with E-state index in [2.05, 4.69) is 0 Å². The Bertz CT molecular complexity index is 277. The lowest BCUT2D eigenvalue weighted by molar-refractivity contribution is 0.101. The molecule has 3 nitrogen and oxygen atoms in total. The van der Waals surface area contributed by atoms with Crippen LogP contribution >= 0.6 is 0 Å². The summed E-state index contributed by atoms with van der Waals surface area (Å²) in [6.45, 7) is 3.40. The van der Waals surface area contributed by atoms with Crippen LogP contribution in [-0.4, -0.2) is 24.4 Å². The highest BCUT2D eigenvalue weighted by Gasteiger charge is 2.10. The quantitative estimate of drug-likeness (QED) is 0.690. The number of ether oxygens (including phenoxy) is 1. The highest BCUT2D eigenvalue weighted by molar-refractivity contribution is 5.13. The third-order valence-corrected chi connectivity index (χ3v) is 2.77. The molecular formula is C13H21NO2. The molecule has 1 rings (SSSR count). The van der Waals surface area contributed by atoms with Crippen molar-refractivity contribution in [1.29, 1.82) is 0 Å². The molecule has 3 N–H and O–H groups in total. The van der Waals surface area contributed by atoms with Gasteiger partial charge in [-0.2, -0.15) is 0 Å². The van der Waals surface area contributed by atoms with Crippen molar-refractivity contribution < 1.29 is 9.84 Å². The van der Waals surface area contributed by atoms with E-state index in [-0.39, 0.29) is 12.6 Å². The van der Waals surface area contributed by atoms with E-state index in [9.17, 15) is 0 Å². The molecule has 2 atom stereocenters. The summed E-state index contributed by atoms with van der Waals surface area (Å²) in [4.78, 5) is 0. The second-order valence-electron chi connectivity index (χ2n) is 4.15. The normalized spacial score (nSPS) is 14.7. The van der Waals surface area contributed by atoms with Crippen LogP contribution in [0.3, 0.4) is 0 Å². The van der Waals surface area contributed by atoms with Crippen LogP contribution in [0, 0.1) is 5.92 Å². The van der Waals surface area contributed by atoms with Gasteiger partial charge in [0, 0.05) is 12.6 Å². The van der Waals surface area contributed by atoms with Gasteiger partial charge in [0.15, 0.2) is 0 Å². The molecule has 0 unspecified atom stereocenters. The molecule has 3 heteroatoms. The lowest BCUT2D eigenvalue weighted by atomic mass is 10.0. The molecule has 0 fully saturated rings. The number of rotatable bonds is 7. The Morgan fingerprint density at radius 1 is 1.31 bits per heavy atom. The average Bonchev–Trinajstić information content (AvgIpc) is 2.34. The minimum atomic E-state index is -0.139. The van der Waals surface area contributed by atoms with Crippen LogP contribution in [0.1, 0.15) is 18.9 Å². The van der Waals surface area contributed by atoms with E-state index in [0.717, 1.165) is 6.42 Å². The number of benzene rings is 1. The summed E-state index contributed by atoms with van der Waals surface area (Å²) >= 11 is 0. The van der Waals surface area contributed by atoms with Gasteiger partial charge in [0.05, 0.1) is 13.2 Å². The van der Waals surface area contributed by atoms with Crippen LogP contribution in [0.2, 0.25) is 0 Å². The summed E-state index contributed by atoms with van der Waals surface area (Å²) in [5.74, 6) is 0.292. The first kappa shape index (κ1) is 13.2. The first-order valence-corrected chi connectivity index (χ1v) is 5.72. The average molecular weight is 223 g/mol. The SMILES string of the molecule is C[C@@H](CCOCc1ccccc1)[C@@H](N)CO. The molecule has 16 heavy (non-hydrogen) atoms. The third kappa shape index (κ3) is 4.75. The molecule has 0 aliphatic rings. The summed E-state index contributed by atoms with van der Waals surface area (Å²) in [5.41, 5.74) is 6.89. The van der Waals surface area contributed by atoms with Crippen molar-refractivity contribution in [3.8, 4) is 0 Å². The first-order valence-electron chi connectivity index (χ1n) is 5.72. The third-order valence-electron chi connectivity index (χ3n) is 2.77. The minimum absolute atomic E-state index is 0.0415. The molecule has 0 radical (unpaired) electrons. The van der Waals surface area contributed by atoms with Crippen molar-refractivity contribution in [1.82, 2.24) is 0 Å². The predicted octanol–water partition coefficient (Wildman–Crippen LogP) is 1.55. The highest BCUT2D eigenvalue weighted by atomic mass is 16.5. The van der Waals surface area contributed by atoms with Gasteiger partial charge >= 0.3 is 0 Å². The standard InChI is InChI=1S/C13H21NO2/c1-11(13(14)9-15)7-8-16-10-12-5-3-2-4-6-12/h2-6,11,13,15H,7-10,14H2,1H3/t11-,13-/m0/s1. The summed E-state index contributed by atoms with van der Waals surface area (Å²) in [7, 11) is 0.